The molecule has 0 bridgehead atoms. The SMILES string of the molecule is Cc1cc(F)c(C(C)C)cc1S(=O)CC(F)(F)F. The smallest absolute Gasteiger partial charge is 0.254 e. The van der Waals surface area contributed by atoms with Crippen molar-refractivity contribution < 1.29 is 21.8 Å². The number of aryl methyl sites for hydroxylation is 1. The maximum Gasteiger partial charge on any atom is 0.400 e. The quantitative estimate of drug-likeness (QED) is 0.768. The first-order valence-electron chi connectivity index (χ1n) is 5.37. The first kappa shape index (κ1) is 15.1. The minimum Gasteiger partial charge on any atom is -0.254 e. The van der Waals surface area contributed by atoms with E-state index in [-0.39, 0.29) is 21.9 Å². The highest BCUT2D eigenvalue weighted by Crippen LogP contribution is 2.27. The van der Waals surface area contributed by atoms with Gasteiger partial charge >= 0.3 is 6.18 Å². The molecule has 1 atom stereocenters. The molecule has 0 aliphatic carbocycles. The van der Waals surface area contributed by atoms with Gasteiger partial charge in [0.2, 0.25) is 0 Å². The fourth-order valence-corrected chi connectivity index (χ4v) is 2.71. The van der Waals surface area contributed by atoms with Gasteiger partial charge in [-0.2, -0.15) is 13.2 Å². The van der Waals surface area contributed by atoms with Crippen molar-refractivity contribution in [2.24, 2.45) is 0 Å². The van der Waals surface area contributed by atoms with Gasteiger partial charge in [-0.05, 0) is 36.1 Å². The van der Waals surface area contributed by atoms with Gasteiger partial charge in [0.15, 0.2) is 0 Å². The van der Waals surface area contributed by atoms with Gasteiger partial charge in [-0.1, -0.05) is 13.8 Å². The van der Waals surface area contributed by atoms with Gasteiger partial charge in [0, 0.05) is 4.90 Å². The van der Waals surface area contributed by atoms with Crippen LogP contribution >= 0.6 is 0 Å². The summed E-state index contributed by atoms with van der Waals surface area (Å²) in [5, 5.41) is 0. The minimum atomic E-state index is -4.50. The second-order valence-corrected chi connectivity index (χ2v) is 5.82. The number of rotatable bonds is 3. The van der Waals surface area contributed by atoms with E-state index in [0.717, 1.165) is 6.07 Å². The van der Waals surface area contributed by atoms with E-state index in [2.05, 4.69) is 0 Å². The fourth-order valence-electron chi connectivity index (χ4n) is 1.58. The van der Waals surface area contributed by atoms with Crippen molar-refractivity contribution in [2.75, 3.05) is 5.75 Å². The summed E-state index contributed by atoms with van der Waals surface area (Å²) in [4.78, 5) is 0.0532. The van der Waals surface area contributed by atoms with Crippen LogP contribution in [-0.2, 0) is 10.8 Å². The summed E-state index contributed by atoms with van der Waals surface area (Å²) in [7, 11) is -2.19. The highest BCUT2D eigenvalue weighted by molar-refractivity contribution is 7.85. The molecule has 18 heavy (non-hydrogen) atoms. The topological polar surface area (TPSA) is 17.1 Å². The third-order valence-corrected chi connectivity index (χ3v) is 3.98. The molecule has 0 heterocycles. The van der Waals surface area contributed by atoms with E-state index < -0.39 is 28.5 Å². The number of halogens is 4. The summed E-state index contributed by atoms with van der Waals surface area (Å²) in [6, 6.07) is 2.41. The van der Waals surface area contributed by atoms with Crippen LogP contribution in [0.15, 0.2) is 17.0 Å². The van der Waals surface area contributed by atoms with E-state index in [4.69, 9.17) is 0 Å². The first-order valence-corrected chi connectivity index (χ1v) is 6.69. The lowest BCUT2D eigenvalue weighted by Crippen LogP contribution is -2.19. The Hall–Kier alpha value is -0.910. The van der Waals surface area contributed by atoms with E-state index in [0.29, 0.717) is 0 Å². The van der Waals surface area contributed by atoms with Gasteiger partial charge in [0.1, 0.15) is 11.6 Å². The van der Waals surface area contributed by atoms with E-state index in [1.165, 1.54) is 13.0 Å². The van der Waals surface area contributed by atoms with Crippen molar-refractivity contribution in [3.05, 3.63) is 29.1 Å². The summed E-state index contributed by atoms with van der Waals surface area (Å²) < 4.78 is 61.8. The van der Waals surface area contributed by atoms with Crippen molar-refractivity contribution >= 4 is 10.8 Å². The monoisotopic (exact) mass is 282 g/mol. The van der Waals surface area contributed by atoms with Crippen LogP contribution < -0.4 is 0 Å². The van der Waals surface area contributed by atoms with Crippen LogP contribution in [0, 0.1) is 12.7 Å². The molecule has 1 nitrogen and oxygen atoms in total. The first-order chi connectivity index (χ1) is 8.11. The van der Waals surface area contributed by atoms with Gasteiger partial charge in [-0.25, -0.2) is 4.39 Å². The fraction of sp³-hybridized carbons (Fsp3) is 0.500. The Balaban J connectivity index is 3.17. The summed E-state index contributed by atoms with van der Waals surface area (Å²) in [6.07, 6.45) is -4.50. The Kier molecular flexibility index (Phi) is 4.53. The van der Waals surface area contributed by atoms with Crippen molar-refractivity contribution in [3.63, 3.8) is 0 Å². The third-order valence-electron chi connectivity index (χ3n) is 2.46. The summed E-state index contributed by atoms with van der Waals surface area (Å²) >= 11 is 0. The molecule has 1 unspecified atom stereocenters. The molecule has 1 rings (SSSR count). The molecule has 0 aliphatic heterocycles. The molecule has 102 valence electrons. The number of alkyl halides is 3. The zero-order chi connectivity index (χ0) is 14.1. The average molecular weight is 282 g/mol. The molecule has 0 fully saturated rings. The molecule has 0 saturated carbocycles. The van der Waals surface area contributed by atoms with Gasteiger partial charge in [0.25, 0.3) is 0 Å². The van der Waals surface area contributed by atoms with Gasteiger partial charge in [-0.15, -0.1) is 0 Å². The maximum atomic E-state index is 13.6. The van der Waals surface area contributed by atoms with Crippen molar-refractivity contribution in [1.29, 1.82) is 0 Å². The minimum absolute atomic E-state index is 0.0532. The molecule has 6 heteroatoms. The number of benzene rings is 1. The zero-order valence-electron chi connectivity index (χ0n) is 10.3. The molecule has 0 N–H and O–H groups in total. The highest BCUT2D eigenvalue weighted by atomic mass is 32.2. The molecule has 0 aliphatic rings. The summed E-state index contributed by atoms with van der Waals surface area (Å²) in [6.45, 7) is 4.91. The summed E-state index contributed by atoms with van der Waals surface area (Å²) in [5.41, 5.74) is 0.561. The van der Waals surface area contributed by atoms with Crippen LogP contribution in [0.1, 0.15) is 30.9 Å². The van der Waals surface area contributed by atoms with E-state index in [1.807, 2.05) is 0 Å². The number of hydrogen-bond donors (Lipinski definition) is 0. The Morgan fingerprint density at radius 3 is 2.28 bits per heavy atom. The second-order valence-electron chi connectivity index (χ2n) is 4.40. The van der Waals surface area contributed by atoms with E-state index in [9.17, 15) is 21.8 Å². The Bertz CT molecular complexity index is 466. The molecule has 1 aromatic rings. The Morgan fingerprint density at radius 1 is 1.28 bits per heavy atom. The summed E-state index contributed by atoms with van der Waals surface area (Å²) in [5.74, 6) is -2.06. The normalized spacial score (nSPS) is 14.0. The average Bonchev–Trinajstić information content (AvgIpc) is 2.13. The molecule has 1 aromatic carbocycles. The molecule has 0 saturated heterocycles. The Morgan fingerprint density at radius 2 is 1.83 bits per heavy atom. The largest absolute Gasteiger partial charge is 0.400 e. The van der Waals surface area contributed by atoms with Crippen LogP contribution in [0.4, 0.5) is 17.6 Å². The van der Waals surface area contributed by atoms with Crippen LogP contribution in [0.2, 0.25) is 0 Å². The molecular weight excluding hydrogens is 268 g/mol. The zero-order valence-corrected chi connectivity index (χ0v) is 11.1. The van der Waals surface area contributed by atoms with Crippen molar-refractivity contribution in [3.8, 4) is 0 Å². The third kappa shape index (κ3) is 3.80. The van der Waals surface area contributed by atoms with Gasteiger partial charge in [-0.3, -0.25) is 4.21 Å². The van der Waals surface area contributed by atoms with Crippen molar-refractivity contribution in [1.82, 2.24) is 0 Å². The lowest BCUT2D eigenvalue weighted by molar-refractivity contribution is -0.105. The molecule has 0 amide bonds. The number of hydrogen-bond acceptors (Lipinski definition) is 1. The lowest BCUT2D eigenvalue weighted by atomic mass is 10.0. The van der Waals surface area contributed by atoms with Gasteiger partial charge in [0.05, 0.1) is 10.8 Å². The predicted octanol–water partition coefficient (Wildman–Crippen LogP) is 3.93. The predicted molar refractivity (Wildman–Crippen MR) is 62.6 cm³/mol. The van der Waals surface area contributed by atoms with Crippen LogP contribution in [0.5, 0.6) is 0 Å². The van der Waals surface area contributed by atoms with Crippen molar-refractivity contribution in [2.45, 2.75) is 37.8 Å². The maximum absolute atomic E-state index is 13.6. The molecule has 0 spiro atoms. The van der Waals surface area contributed by atoms with E-state index in [1.54, 1.807) is 13.8 Å². The molecule has 0 aromatic heterocycles. The lowest BCUT2D eigenvalue weighted by Gasteiger charge is -2.13. The van der Waals surface area contributed by atoms with Crippen LogP contribution in [0.25, 0.3) is 0 Å². The highest BCUT2D eigenvalue weighted by Gasteiger charge is 2.31. The van der Waals surface area contributed by atoms with Crippen LogP contribution in [0.3, 0.4) is 0 Å². The Labute approximate surface area is 106 Å². The second kappa shape index (κ2) is 5.38. The molecule has 0 radical (unpaired) electrons. The standard InChI is InChI=1S/C12H14F4OS/c1-7(2)9-5-11(8(3)4-10(9)13)18(17)6-12(14,15)16/h4-5,7H,6H2,1-3H3. The van der Waals surface area contributed by atoms with E-state index >= 15 is 0 Å². The van der Waals surface area contributed by atoms with Crippen LogP contribution in [-0.4, -0.2) is 16.1 Å². The van der Waals surface area contributed by atoms with Gasteiger partial charge < -0.3 is 0 Å². The molecular formula is C12H14F4OS.